The fraction of sp³-hybridized carbons (Fsp3) is 0.600. The molecule has 0 spiro atoms. The number of H-pyrrole nitrogens is 1. The van der Waals surface area contributed by atoms with E-state index in [9.17, 15) is 18.0 Å². The van der Waals surface area contributed by atoms with E-state index < -0.39 is 22.2 Å². The van der Waals surface area contributed by atoms with E-state index in [1.54, 1.807) is 6.07 Å². The largest absolute Gasteiger partial charge is 0.354 e. The number of likely N-dealkylation sites (N-methyl/N-ethyl adjacent to an activating group) is 1. The van der Waals surface area contributed by atoms with E-state index in [4.69, 9.17) is 0 Å². The molecule has 0 aliphatic carbocycles. The molecule has 3 heterocycles. The molecule has 0 bridgehead atoms. The highest BCUT2D eigenvalue weighted by Gasteiger charge is 2.41. The van der Waals surface area contributed by atoms with E-state index in [0.29, 0.717) is 38.3 Å². The molecule has 3 N–H and O–H groups in total. The maximum Gasteiger partial charge on any atom is 0.281 e. The van der Waals surface area contributed by atoms with E-state index in [1.165, 1.54) is 8.61 Å². The smallest absolute Gasteiger partial charge is 0.281 e. The van der Waals surface area contributed by atoms with Crippen molar-refractivity contribution >= 4 is 32.9 Å². The van der Waals surface area contributed by atoms with Gasteiger partial charge in [0.25, 0.3) is 16.1 Å². The van der Waals surface area contributed by atoms with Gasteiger partial charge in [-0.05, 0) is 58.5 Å². The molecule has 11 heteroatoms. The van der Waals surface area contributed by atoms with Crippen molar-refractivity contribution < 1.29 is 18.0 Å². The number of carbonyl (C=O) groups is 2. The van der Waals surface area contributed by atoms with Gasteiger partial charge in [-0.3, -0.25) is 9.59 Å². The zero-order valence-electron chi connectivity index (χ0n) is 21.4. The van der Waals surface area contributed by atoms with Crippen LogP contribution in [0.25, 0.3) is 10.9 Å². The minimum absolute atomic E-state index is 0.0451. The van der Waals surface area contributed by atoms with Gasteiger partial charge in [-0.1, -0.05) is 18.1 Å². The molecule has 2 fully saturated rings. The first-order valence-electron chi connectivity index (χ1n) is 12.7. The highest BCUT2D eigenvalue weighted by Crippen LogP contribution is 2.25. The predicted octanol–water partition coefficient (Wildman–Crippen LogP) is 1.31. The number of aryl methyl sites for hydroxylation is 1. The number of fused-ring (bicyclic) bond motifs is 1. The number of aromatic amines is 1. The Kier molecular flexibility index (Phi) is 8.34. The van der Waals surface area contributed by atoms with Crippen molar-refractivity contribution in [1.29, 1.82) is 0 Å². The third-order valence-electron chi connectivity index (χ3n) is 7.08. The Morgan fingerprint density at radius 1 is 1.08 bits per heavy atom. The molecule has 36 heavy (non-hydrogen) atoms. The third-order valence-corrected chi connectivity index (χ3v) is 9.08. The average molecular weight is 519 g/mol. The highest BCUT2D eigenvalue weighted by atomic mass is 32.2. The summed E-state index contributed by atoms with van der Waals surface area (Å²) in [5.74, 6) is -1.23. The van der Waals surface area contributed by atoms with E-state index in [-0.39, 0.29) is 24.9 Å². The zero-order valence-corrected chi connectivity index (χ0v) is 22.2. The van der Waals surface area contributed by atoms with Gasteiger partial charge >= 0.3 is 0 Å². The predicted molar refractivity (Wildman–Crippen MR) is 140 cm³/mol. The maximum atomic E-state index is 13.3. The van der Waals surface area contributed by atoms with Crippen LogP contribution < -0.4 is 10.6 Å². The summed E-state index contributed by atoms with van der Waals surface area (Å²) in [5.41, 5.74) is 2.39. The first-order valence-corrected chi connectivity index (χ1v) is 14.1. The maximum absolute atomic E-state index is 13.3. The number of amides is 2. The second-order valence-corrected chi connectivity index (χ2v) is 12.1. The van der Waals surface area contributed by atoms with Gasteiger partial charge in [0, 0.05) is 56.2 Å². The van der Waals surface area contributed by atoms with Crippen LogP contribution in [0.4, 0.5) is 0 Å². The van der Waals surface area contributed by atoms with Crippen LogP contribution in [0.1, 0.15) is 41.7 Å². The number of hydrogen-bond donors (Lipinski definition) is 3. The van der Waals surface area contributed by atoms with Crippen LogP contribution in [0.5, 0.6) is 0 Å². The Morgan fingerprint density at radius 3 is 2.56 bits per heavy atom. The van der Waals surface area contributed by atoms with Gasteiger partial charge in [0.05, 0.1) is 5.92 Å². The average Bonchev–Trinajstić information content (AvgIpc) is 3.28. The minimum Gasteiger partial charge on any atom is -0.354 e. The van der Waals surface area contributed by atoms with Gasteiger partial charge in [0.2, 0.25) is 5.91 Å². The lowest BCUT2D eigenvalue weighted by Gasteiger charge is -2.40. The Morgan fingerprint density at radius 2 is 1.83 bits per heavy atom. The van der Waals surface area contributed by atoms with Crippen molar-refractivity contribution in [2.24, 2.45) is 5.92 Å². The molecule has 2 aromatic rings. The molecule has 1 aromatic heterocycles. The van der Waals surface area contributed by atoms with Gasteiger partial charge in [0.1, 0.15) is 5.69 Å². The second-order valence-electron chi connectivity index (χ2n) is 10.2. The number of rotatable bonds is 8. The second kappa shape index (κ2) is 11.3. The Bertz CT molecular complexity index is 1190. The van der Waals surface area contributed by atoms with Crippen molar-refractivity contribution in [3.8, 4) is 0 Å². The Balaban J connectivity index is 1.50. The number of piperidine rings is 2. The summed E-state index contributed by atoms with van der Waals surface area (Å²) in [4.78, 5) is 31.5. The van der Waals surface area contributed by atoms with Crippen LogP contribution in [-0.2, 0) is 15.0 Å². The molecule has 2 amide bonds. The summed E-state index contributed by atoms with van der Waals surface area (Å²) in [6, 6.07) is 7.25. The fourth-order valence-electron chi connectivity index (χ4n) is 4.98. The van der Waals surface area contributed by atoms with Gasteiger partial charge in [-0.2, -0.15) is 17.0 Å². The molecule has 2 atom stereocenters. The lowest BCUT2D eigenvalue weighted by Crippen LogP contribution is -2.59. The number of hydrogen-bond acceptors (Lipinski definition) is 5. The van der Waals surface area contributed by atoms with Crippen LogP contribution >= 0.6 is 0 Å². The summed E-state index contributed by atoms with van der Waals surface area (Å²) in [5, 5.41) is 6.89. The van der Waals surface area contributed by atoms with E-state index in [0.717, 1.165) is 35.7 Å². The zero-order chi connectivity index (χ0) is 25.9. The summed E-state index contributed by atoms with van der Waals surface area (Å²) in [6.07, 6.45) is 3.10. The SMILES string of the molecule is Cc1ccc2[nH]c(C(=O)N[C@H]3CCN(S(=O)(=O)N4CCCCC4)C[C@@H]3C(=O)NCCN(C)C)cc2c1. The molecule has 0 radical (unpaired) electrons. The highest BCUT2D eigenvalue weighted by molar-refractivity contribution is 7.86. The molecule has 4 rings (SSSR count). The molecular formula is C25H38N6O4S. The number of aromatic nitrogens is 1. The Hall–Kier alpha value is -2.47. The molecule has 0 saturated carbocycles. The lowest BCUT2D eigenvalue weighted by molar-refractivity contribution is -0.126. The summed E-state index contributed by atoms with van der Waals surface area (Å²) >= 11 is 0. The van der Waals surface area contributed by atoms with Crippen LogP contribution in [0, 0.1) is 12.8 Å². The van der Waals surface area contributed by atoms with E-state index in [2.05, 4.69) is 15.6 Å². The molecule has 2 saturated heterocycles. The topological polar surface area (TPSA) is 118 Å². The normalized spacial score (nSPS) is 22.1. The van der Waals surface area contributed by atoms with Crippen LogP contribution in [0.2, 0.25) is 0 Å². The van der Waals surface area contributed by atoms with E-state index in [1.807, 2.05) is 44.1 Å². The lowest BCUT2D eigenvalue weighted by atomic mass is 9.92. The van der Waals surface area contributed by atoms with Crippen molar-refractivity contribution in [3.63, 3.8) is 0 Å². The van der Waals surface area contributed by atoms with Crippen molar-refractivity contribution in [1.82, 2.24) is 29.1 Å². The molecule has 0 unspecified atom stereocenters. The van der Waals surface area contributed by atoms with Crippen molar-refractivity contribution in [3.05, 3.63) is 35.5 Å². The number of nitrogens with one attached hydrogen (secondary N) is 3. The summed E-state index contributed by atoms with van der Waals surface area (Å²) in [7, 11) is 0.191. The first-order chi connectivity index (χ1) is 17.1. The number of carbonyl (C=O) groups excluding carboxylic acids is 2. The Labute approximate surface area is 213 Å². The minimum atomic E-state index is -3.65. The van der Waals surface area contributed by atoms with Gasteiger partial charge < -0.3 is 20.5 Å². The van der Waals surface area contributed by atoms with Gasteiger partial charge in [-0.15, -0.1) is 0 Å². The number of nitrogens with zero attached hydrogens (tertiary/aromatic N) is 3. The van der Waals surface area contributed by atoms with Crippen LogP contribution in [0.3, 0.4) is 0 Å². The molecular weight excluding hydrogens is 480 g/mol. The van der Waals surface area contributed by atoms with E-state index >= 15 is 0 Å². The van der Waals surface area contributed by atoms with Gasteiger partial charge in [-0.25, -0.2) is 0 Å². The molecule has 1 aromatic carbocycles. The third kappa shape index (κ3) is 6.08. The molecule has 2 aliphatic rings. The number of benzene rings is 1. The molecule has 10 nitrogen and oxygen atoms in total. The quantitative estimate of drug-likeness (QED) is 0.487. The van der Waals surface area contributed by atoms with Crippen molar-refractivity contribution in [2.45, 2.75) is 38.6 Å². The van der Waals surface area contributed by atoms with Crippen LogP contribution in [-0.4, -0.2) is 98.1 Å². The van der Waals surface area contributed by atoms with Crippen LogP contribution in [0.15, 0.2) is 24.3 Å². The molecule has 198 valence electrons. The monoisotopic (exact) mass is 518 g/mol. The standard InChI is InChI=1S/C25H38N6O4S/c1-18-7-8-21-19(15-18)16-23(27-21)25(33)28-22-9-13-31(36(34,35)30-11-5-4-6-12-30)17-20(22)24(32)26-10-14-29(2)3/h7-8,15-16,20,22,27H,4-6,9-14,17H2,1-3H3,(H,26,32)(H,28,33)/t20-,22-/m0/s1. The molecule has 2 aliphatic heterocycles. The van der Waals surface area contributed by atoms with Gasteiger partial charge in [0.15, 0.2) is 0 Å². The summed E-state index contributed by atoms with van der Waals surface area (Å²) < 4.78 is 29.6. The fourth-order valence-corrected chi connectivity index (χ4v) is 6.71. The summed E-state index contributed by atoms with van der Waals surface area (Å²) in [6.45, 7) is 4.44. The first kappa shape index (κ1) is 26.6. The van der Waals surface area contributed by atoms with Crippen molar-refractivity contribution in [2.75, 3.05) is 53.4 Å².